The van der Waals surface area contributed by atoms with E-state index in [1.54, 1.807) is 31.4 Å². The Bertz CT molecular complexity index is 504. The van der Waals surface area contributed by atoms with Crippen LogP contribution in [0, 0.1) is 0 Å². The highest BCUT2D eigenvalue weighted by Gasteiger charge is 2.39. The summed E-state index contributed by atoms with van der Waals surface area (Å²) in [6.45, 7) is 0. The number of rotatable bonds is 5. The molecule has 1 fully saturated rings. The van der Waals surface area contributed by atoms with Crippen molar-refractivity contribution in [2.24, 2.45) is 0 Å². The molecule has 2 rings (SSSR count). The van der Waals surface area contributed by atoms with E-state index in [2.05, 4.69) is 5.32 Å². The number of carbonyl (C=O) groups is 2. The van der Waals surface area contributed by atoms with Gasteiger partial charge in [-0.05, 0) is 30.5 Å². The van der Waals surface area contributed by atoms with Crippen LogP contribution >= 0.6 is 0 Å². The number of carboxylic acids is 1. The number of carboxylic acid groups (broad SMARTS) is 1. The molecule has 5 nitrogen and oxygen atoms in total. The van der Waals surface area contributed by atoms with Crippen LogP contribution < -0.4 is 5.32 Å². The monoisotopic (exact) mass is 291 g/mol. The van der Waals surface area contributed by atoms with E-state index >= 15 is 0 Å². The zero-order chi connectivity index (χ0) is 15.3. The lowest BCUT2D eigenvalue weighted by atomic mass is 9.84. The van der Waals surface area contributed by atoms with Crippen molar-refractivity contribution in [3.05, 3.63) is 29.8 Å². The van der Waals surface area contributed by atoms with Crippen LogP contribution in [0.5, 0.6) is 0 Å². The maximum atomic E-state index is 12.5. The van der Waals surface area contributed by atoms with Gasteiger partial charge in [0.05, 0.1) is 6.42 Å². The van der Waals surface area contributed by atoms with Gasteiger partial charge in [0.25, 0.3) is 5.91 Å². The van der Waals surface area contributed by atoms with Crippen molar-refractivity contribution in [1.29, 1.82) is 0 Å². The van der Waals surface area contributed by atoms with E-state index in [4.69, 9.17) is 9.84 Å². The quantitative estimate of drug-likeness (QED) is 0.874. The average Bonchev–Trinajstić information content (AvgIpc) is 2.49. The molecule has 1 amide bonds. The minimum Gasteiger partial charge on any atom is -0.481 e. The number of hydrogen-bond donors (Lipinski definition) is 2. The van der Waals surface area contributed by atoms with Gasteiger partial charge in [0.15, 0.2) is 0 Å². The second-order valence-electron chi connectivity index (χ2n) is 5.48. The van der Waals surface area contributed by atoms with Gasteiger partial charge in [-0.2, -0.15) is 0 Å². The van der Waals surface area contributed by atoms with Gasteiger partial charge in [-0.25, -0.2) is 0 Å². The molecular weight excluding hydrogens is 270 g/mol. The number of aliphatic carboxylic acids is 1. The number of methoxy groups -OCH3 is 1. The molecule has 1 saturated carbocycles. The summed E-state index contributed by atoms with van der Waals surface area (Å²) in [6.07, 6.45) is 4.61. The predicted octanol–water partition coefficient (Wildman–Crippen LogP) is 2.60. The molecule has 0 atom stereocenters. The first-order chi connectivity index (χ1) is 10.1. The van der Waals surface area contributed by atoms with Crippen LogP contribution in [-0.4, -0.2) is 29.7 Å². The number of benzene rings is 1. The van der Waals surface area contributed by atoms with Crippen molar-refractivity contribution in [2.45, 2.75) is 44.1 Å². The average molecular weight is 291 g/mol. The van der Waals surface area contributed by atoms with Gasteiger partial charge in [0, 0.05) is 12.8 Å². The first-order valence-corrected chi connectivity index (χ1v) is 7.23. The Hall–Kier alpha value is -1.88. The lowest BCUT2D eigenvalue weighted by Gasteiger charge is -2.34. The maximum absolute atomic E-state index is 12.5. The van der Waals surface area contributed by atoms with Crippen LogP contribution in [0.1, 0.15) is 37.7 Å². The molecule has 114 valence electrons. The van der Waals surface area contributed by atoms with Crippen LogP contribution in [0.25, 0.3) is 0 Å². The molecule has 0 saturated heterocycles. The highest BCUT2D eigenvalue weighted by molar-refractivity contribution is 5.97. The van der Waals surface area contributed by atoms with Gasteiger partial charge in [0.1, 0.15) is 5.60 Å². The van der Waals surface area contributed by atoms with Gasteiger partial charge in [-0.1, -0.05) is 31.4 Å². The van der Waals surface area contributed by atoms with E-state index in [0.29, 0.717) is 11.3 Å². The zero-order valence-electron chi connectivity index (χ0n) is 12.2. The fourth-order valence-corrected chi connectivity index (χ4v) is 2.77. The summed E-state index contributed by atoms with van der Waals surface area (Å²) >= 11 is 0. The standard InChI is InChI=1S/C16H21NO4/c1-21-16(9-3-2-4-10-16)15(20)17-13-7-5-12(6-8-13)11-14(18)19/h5-8H,2-4,9-11H2,1H3,(H,17,20)(H,18,19). The number of amides is 1. The van der Waals surface area contributed by atoms with Crippen molar-refractivity contribution in [2.75, 3.05) is 12.4 Å². The second-order valence-corrected chi connectivity index (χ2v) is 5.48. The van der Waals surface area contributed by atoms with E-state index < -0.39 is 11.6 Å². The Morgan fingerprint density at radius 2 is 1.81 bits per heavy atom. The lowest BCUT2D eigenvalue weighted by molar-refractivity contribution is -0.141. The Kier molecular flexibility index (Phi) is 4.96. The van der Waals surface area contributed by atoms with Crippen LogP contribution in [0.4, 0.5) is 5.69 Å². The molecule has 1 aromatic rings. The molecule has 0 spiro atoms. The molecular formula is C16H21NO4. The van der Waals surface area contributed by atoms with E-state index in [9.17, 15) is 9.59 Å². The third-order valence-corrected chi connectivity index (χ3v) is 4.03. The Morgan fingerprint density at radius 3 is 2.33 bits per heavy atom. The van der Waals surface area contributed by atoms with Gasteiger partial charge < -0.3 is 15.2 Å². The molecule has 0 unspecified atom stereocenters. The minimum atomic E-state index is -0.868. The van der Waals surface area contributed by atoms with Crippen LogP contribution in [0.2, 0.25) is 0 Å². The minimum absolute atomic E-state index is 0.0176. The Morgan fingerprint density at radius 1 is 1.19 bits per heavy atom. The molecule has 0 aliphatic heterocycles. The van der Waals surface area contributed by atoms with Crippen LogP contribution in [0.15, 0.2) is 24.3 Å². The van der Waals surface area contributed by atoms with E-state index in [0.717, 1.165) is 32.1 Å². The molecule has 0 radical (unpaired) electrons. The SMILES string of the molecule is COC1(C(=O)Nc2ccc(CC(=O)O)cc2)CCCCC1. The van der Waals surface area contributed by atoms with Crippen molar-refractivity contribution < 1.29 is 19.4 Å². The van der Waals surface area contributed by atoms with Crippen molar-refractivity contribution in [3.8, 4) is 0 Å². The first kappa shape index (κ1) is 15.5. The normalized spacial score (nSPS) is 17.2. The molecule has 5 heteroatoms. The molecule has 21 heavy (non-hydrogen) atoms. The molecule has 1 aliphatic carbocycles. The summed E-state index contributed by atoms with van der Waals surface area (Å²) in [5.74, 6) is -0.983. The zero-order valence-corrected chi connectivity index (χ0v) is 12.2. The molecule has 1 aromatic carbocycles. The summed E-state index contributed by atoms with van der Waals surface area (Å²) in [7, 11) is 1.58. The van der Waals surface area contributed by atoms with Crippen LogP contribution in [-0.2, 0) is 20.7 Å². The summed E-state index contributed by atoms with van der Waals surface area (Å²) in [6, 6.07) is 6.87. The molecule has 0 heterocycles. The van der Waals surface area contributed by atoms with E-state index in [1.807, 2.05) is 0 Å². The smallest absolute Gasteiger partial charge is 0.307 e. The molecule has 2 N–H and O–H groups in total. The van der Waals surface area contributed by atoms with Gasteiger partial charge in [-0.15, -0.1) is 0 Å². The number of carbonyl (C=O) groups excluding carboxylic acids is 1. The van der Waals surface area contributed by atoms with E-state index in [1.165, 1.54) is 0 Å². The van der Waals surface area contributed by atoms with Gasteiger partial charge in [-0.3, -0.25) is 9.59 Å². The third-order valence-electron chi connectivity index (χ3n) is 4.03. The van der Waals surface area contributed by atoms with Crippen molar-refractivity contribution in [3.63, 3.8) is 0 Å². The number of hydrogen-bond acceptors (Lipinski definition) is 3. The Labute approximate surface area is 124 Å². The van der Waals surface area contributed by atoms with Crippen molar-refractivity contribution >= 4 is 17.6 Å². The van der Waals surface area contributed by atoms with Gasteiger partial charge >= 0.3 is 5.97 Å². The fourth-order valence-electron chi connectivity index (χ4n) is 2.77. The first-order valence-electron chi connectivity index (χ1n) is 7.23. The topological polar surface area (TPSA) is 75.6 Å². The third kappa shape index (κ3) is 3.82. The number of ether oxygens (including phenoxy) is 1. The molecule has 0 aromatic heterocycles. The maximum Gasteiger partial charge on any atom is 0.307 e. The highest BCUT2D eigenvalue weighted by atomic mass is 16.5. The highest BCUT2D eigenvalue weighted by Crippen LogP contribution is 2.32. The summed E-state index contributed by atoms with van der Waals surface area (Å²) < 4.78 is 5.50. The summed E-state index contributed by atoms with van der Waals surface area (Å²) in [5, 5.41) is 11.6. The number of anilines is 1. The summed E-state index contributed by atoms with van der Waals surface area (Å²) in [5.41, 5.74) is 0.647. The molecule has 1 aliphatic rings. The Balaban J connectivity index is 2.03. The van der Waals surface area contributed by atoms with E-state index in [-0.39, 0.29) is 12.3 Å². The second kappa shape index (κ2) is 6.72. The summed E-state index contributed by atoms with van der Waals surface area (Å²) in [4.78, 5) is 23.1. The largest absolute Gasteiger partial charge is 0.481 e. The van der Waals surface area contributed by atoms with Crippen LogP contribution in [0.3, 0.4) is 0 Å². The van der Waals surface area contributed by atoms with Gasteiger partial charge in [0.2, 0.25) is 0 Å². The lowest BCUT2D eigenvalue weighted by Crippen LogP contribution is -2.46. The van der Waals surface area contributed by atoms with Crippen molar-refractivity contribution in [1.82, 2.24) is 0 Å². The number of nitrogens with one attached hydrogen (secondary N) is 1. The predicted molar refractivity (Wildman–Crippen MR) is 79.2 cm³/mol. The molecule has 0 bridgehead atoms. The fraction of sp³-hybridized carbons (Fsp3) is 0.500.